The van der Waals surface area contributed by atoms with E-state index in [1.54, 1.807) is 7.11 Å². The average Bonchev–Trinajstić information content (AvgIpc) is 2.68. The zero-order chi connectivity index (χ0) is 17.9. The summed E-state index contributed by atoms with van der Waals surface area (Å²) in [4.78, 5) is 19.4. The van der Waals surface area contributed by atoms with Gasteiger partial charge >= 0.3 is 0 Å². The van der Waals surface area contributed by atoms with Gasteiger partial charge in [0.1, 0.15) is 5.75 Å². The van der Waals surface area contributed by atoms with Crippen LogP contribution in [0.4, 0.5) is 11.6 Å². The van der Waals surface area contributed by atoms with Crippen molar-refractivity contribution in [2.45, 2.75) is 0 Å². The zero-order valence-corrected chi connectivity index (χ0v) is 14.2. The van der Waals surface area contributed by atoms with Crippen molar-refractivity contribution in [3.63, 3.8) is 0 Å². The largest absolute Gasteiger partial charge is 0.497 e. The van der Waals surface area contributed by atoms with E-state index in [9.17, 15) is 4.79 Å². The molecule has 4 aromatic rings. The van der Waals surface area contributed by atoms with Gasteiger partial charge in [0, 0.05) is 22.7 Å². The number of anilines is 2. The minimum absolute atomic E-state index is 0.214. The monoisotopic (exact) mass is 343 g/mol. The molecule has 3 aromatic carbocycles. The SMILES string of the molecule is COc1ccc(-c2cc(=O)[nH]c(Nc3cccc4ccccc34)n2)cc1. The van der Waals surface area contributed by atoms with E-state index < -0.39 is 0 Å². The number of nitrogens with zero attached hydrogens (tertiary/aromatic N) is 1. The minimum Gasteiger partial charge on any atom is -0.497 e. The molecule has 0 bridgehead atoms. The first-order chi connectivity index (χ1) is 12.7. The van der Waals surface area contributed by atoms with Crippen LogP contribution in [0.3, 0.4) is 0 Å². The molecule has 0 fully saturated rings. The number of rotatable bonds is 4. The maximum atomic E-state index is 12.1. The summed E-state index contributed by atoms with van der Waals surface area (Å²) in [5.74, 6) is 1.16. The Morgan fingerprint density at radius 3 is 2.54 bits per heavy atom. The van der Waals surface area contributed by atoms with Crippen molar-refractivity contribution in [3.05, 3.63) is 83.2 Å². The molecular weight excluding hydrogens is 326 g/mol. The van der Waals surface area contributed by atoms with Gasteiger partial charge in [0.2, 0.25) is 5.95 Å². The molecule has 0 aliphatic carbocycles. The maximum absolute atomic E-state index is 12.1. The molecule has 0 radical (unpaired) electrons. The number of fused-ring (bicyclic) bond motifs is 1. The highest BCUT2D eigenvalue weighted by molar-refractivity contribution is 5.94. The fraction of sp³-hybridized carbons (Fsp3) is 0.0476. The highest BCUT2D eigenvalue weighted by atomic mass is 16.5. The Bertz CT molecular complexity index is 1110. The molecule has 5 heteroatoms. The van der Waals surface area contributed by atoms with Gasteiger partial charge in [0.25, 0.3) is 5.56 Å². The third-order valence-corrected chi connectivity index (χ3v) is 4.17. The molecule has 2 N–H and O–H groups in total. The van der Waals surface area contributed by atoms with Gasteiger partial charge in [-0.1, -0.05) is 36.4 Å². The van der Waals surface area contributed by atoms with Crippen LogP contribution < -0.4 is 15.6 Å². The van der Waals surface area contributed by atoms with Crippen molar-refractivity contribution in [1.29, 1.82) is 0 Å². The van der Waals surface area contributed by atoms with Crippen molar-refractivity contribution in [2.24, 2.45) is 0 Å². The molecule has 26 heavy (non-hydrogen) atoms. The lowest BCUT2D eigenvalue weighted by atomic mass is 10.1. The Balaban J connectivity index is 1.73. The highest BCUT2D eigenvalue weighted by Gasteiger charge is 2.07. The van der Waals surface area contributed by atoms with Crippen LogP contribution >= 0.6 is 0 Å². The molecule has 0 aliphatic rings. The molecule has 0 atom stereocenters. The number of aromatic nitrogens is 2. The zero-order valence-electron chi connectivity index (χ0n) is 14.2. The van der Waals surface area contributed by atoms with Gasteiger partial charge in [0.15, 0.2) is 0 Å². The van der Waals surface area contributed by atoms with Gasteiger partial charge in [-0.2, -0.15) is 0 Å². The Morgan fingerprint density at radius 1 is 0.962 bits per heavy atom. The van der Waals surface area contributed by atoms with Gasteiger partial charge in [-0.15, -0.1) is 0 Å². The quantitative estimate of drug-likeness (QED) is 0.578. The standard InChI is InChI=1S/C21H17N3O2/c1-26-16-11-9-15(10-12-16)19-13-20(25)24-21(23-19)22-18-8-4-6-14-5-2-3-7-17(14)18/h2-13H,1H3,(H2,22,23,24,25). The van der Waals surface area contributed by atoms with Crippen LogP contribution in [-0.4, -0.2) is 17.1 Å². The summed E-state index contributed by atoms with van der Waals surface area (Å²) in [7, 11) is 1.62. The maximum Gasteiger partial charge on any atom is 0.252 e. The lowest BCUT2D eigenvalue weighted by Crippen LogP contribution is -2.10. The summed E-state index contributed by atoms with van der Waals surface area (Å²) in [6.45, 7) is 0. The molecular formula is C21H17N3O2. The Kier molecular flexibility index (Phi) is 4.11. The van der Waals surface area contributed by atoms with Gasteiger partial charge in [-0.05, 0) is 35.7 Å². The summed E-state index contributed by atoms with van der Waals surface area (Å²) in [6, 6.07) is 23.0. The van der Waals surface area contributed by atoms with Crippen molar-refractivity contribution in [3.8, 4) is 17.0 Å². The van der Waals surface area contributed by atoms with E-state index in [2.05, 4.69) is 15.3 Å². The number of hydrogen-bond donors (Lipinski definition) is 2. The second-order valence-corrected chi connectivity index (χ2v) is 5.86. The smallest absolute Gasteiger partial charge is 0.252 e. The van der Waals surface area contributed by atoms with Crippen molar-refractivity contribution in [1.82, 2.24) is 9.97 Å². The van der Waals surface area contributed by atoms with E-state index in [1.165, 1.54) is 6.07 Å². The number of benzene rings is 3. The predicted octanol–water partition coefficient (Wildman–Crippen LogP) is 4.34. The molecule has 0 spiro atoms. The van der Waals surface area contributed by atoms with Crippen LogP contribution in [0.5, 0.6) is 5.75 Å². The van der Waals surface area contributed by atoms with E-state index >= 15 is 0 Å². The number of aromatic amines is 1. The molecule has 0 unspecified atom stereocenters. The molecule has 0 saturated heterocycles. The molecule has 0 aliphatic heterocycles. The Hall–Kier alpha value is -3.60. The summed E-state index contributed by atoms with van der Waals surface area (Å²) in [5.41, 5.74) is 2.11. The van der Waals surface area contributed by atoms with E-state index in [-0.39, 0.29) is 5.56 Å². The predicted molar refractivity (Wildman–Crippen MR) is 104 cm³/mol. The summed E-state index contributed by atoms with van der Waals surface area (Å²) in [5, 5.41) is 5.41. The summed E-state index contributed by atoms with van der Waals surface area (Å²) < 4.78 is 5.17. The number of methoxy groups -OCH3 is 1. The summed E-state index contributed by atoms with van der Waals surface area (Å²) >= 11 is 0. The van der Waals surface area contributed by atoms with Crippen LogP contribution in [0.2, 0.25) is 0 Å². The van der Waals surface area contributed by atoms with Gasteiger partial charge in [0.05, 0.1) is 12.8 Å². The van der Waals surface area contributed by atoms with Crippen molar-refractivity contribution < 1.29 is 4.74 Å². The van der Waals surface area contributed by atoms with Crippen LogP contribution in [0.25, 0.3) is 22.0 Å². The van der Waals surface area contributed by atoms with Crippen molar-refractivity contribution in [2.75, 3.05) is 12.4 Å². The summed E-state index contributed by atoms with van der Waals surface area (Å²) in [6.07, 6.45) is 0. The topological polar surface area (TPSA) is 67.0 Å². The van der Waals surface area contributed by atoms with E-state index in [1.807, 2.05) is 66.7 Å². The van der Waals surface area contributed by atoms with E-state index in [4.69, 9.17) is 4.74 Å². The minimum atomic E-state index is -0.214. The second-order valence-electron chi connectivity index (χ2n) is 5.86. The van der Waals surface area contributed by atoms with Gasteiger partial charge in [-0.25, -0.2) is 4.98 Å². The lowest BCUT2D eigenvalue weighted by Gasteiger charge is -2.10. The van der Waals surface area contributed by atoms with Crippen LogP contribution in [0, 0.1) is 0 Å². The molecule has 4 rings (SSSR count). The number of H-pyrrole nitrogens is 1. The molecule has 0 amide bonds. The fourth-order valence-electron chi connectivity index (χ4n) is 2.89. The first kappa shape index (κ1) is 15.9. The molecule has 5 nitrogen and oxygen atoms in total. The Labute approximate surface area is 150 Å². The normalized spacial score (nSPS) is 10.7. The van der Waals surface area contributed by atoms with E-state index in [0.29, 0.717) is 11.6 Å². The number of hydrogen-bond acceptors (Lipinski definition) is 4. The lowest BCUT2D eigenvalue weighted by molar-refractivity contribution is 0.415. The first-order valence-corrected chi connectivity index (χ1v) is 8.23. The van der Waals surface area contributed by atoms with Gasteiger partial charge in [-0.3, -0.25) is 9.78 Å². The van der Waals surface area contributed by atoms with Crippen LogP contribution in [0.1, 0.15) is 0 Å². The molecule has 128 valence electrons. The van der Waals surface area contributed by atoms with Crippen LogP contribution in [-0.2, 0) is 0 Å². The first-order valence-electron chi connectivity index (χ1n) is 8.23. The third kappa shape index (κ3) is 3.15. The molecule has 1 heterocycles. The fourth-order valence-corrected chi connectivity index (χ4v) is 2.89. The molecule has 1 aromatic heterocycles. The third-order valence-electron chi connectivity index (χ3n) is 4.17. The second kappa shape index (κ2) is 6.72. The molecule has 0 saturated carbocycles. The van der Waals surface area contributed by atoms with E-state index in [0.717, 1.165) is 27.8 Å². The average molecular weight is 343 g/mol. The van der Waals surface area contributed by atoms with Crippen molar-refractivity contribution >= 4 is 22.4 Å². The number of ether oxygens (including phenoxy) is 1. The van der Waals surface area contributed by atoms with Crippen LogP contribution in [0.15, 0.2) is 77.6 Å². The Morgan fingerprint density at radius 2 is 1.73 bits per heavy atom. The highest BCUT2D eigenvalue weighted by Crippen LogP contribution is 2.26. The number of nitrogens with one attached hydrogen (secondary N) is 2. The van der Waals surface area contributed by atoms with Gasteiger partial charge < -0.3 is 10.1 Å².